The Morgan fingerprint density at radius 3 is 2.83 bits per heavy atom. The molecule has 2 aromatic heterocycles. The molecule has 0 radical (unpaired) electrons. The van der Waals surface area contributed by atoms with E-state index in [0.29, 0.717) is 23.8 Å². The van der Waals surface area contributed by atoms with Crippen LogP contribution in [0, 0.1) is 0 Å². The van der Waals surface area contributed by atoms with E-state index >= 15 is 0 Å². The summed E-state index contributed by atoms with van der Waals surface area (Å²) >= 11 is 0. The maximum atomic E-state index is 4.69. The standard InChI is InChI=1S/C16H23N7/c1-11(2)23-8-4-5-13(23)12-6-7-18-16(21-12)22-15-9-14(17-3)19-10-20-15/h6-7,9-11,13H,4-5,8H2,1-3H3,(H2,17,18,19,20,21,22). The minimum atomic E-state index is 0.372. The van der Waals surface area contributed by atoms with Gasteiger partial charge in [-0.05, 0) is 39.3 Å². The summed E-state index contributed by atoms with van der Waals surface area (Å²) in [6.45, 7) is 5.60. The Hall–Kier alpha value is -2.28. The Bertz CT molecular complexity index is 658. The van der Waals surface area contributed by atoms with E-state index in [1.54, 1.807) is 0 Å². The molecule has 7 nitrogen and oxygen atoms in total. The molecule has 1 fully saturated rings. The smallest absolute Gasteiger partial charge is 0.228 e. The van der Waals surface area contributed by atoms with Crippen molar-refractivity contribution < 1.29 is 0 Å². The summed E-state index contributed by atoms with van der Waals surface area (Å²) in [5, 5.41) is 6.14. The van der Waals surface area contributed by atoms with E-state index in [1.165, 1.54) is 12.7 Å². The number of likely N-dealkylation sites (tertiary alicyclic amines) is 1. The molecule has 3 rings (SSSR count). The number of aromatic nitrogens is 4. The maximum Gasteiger partial charge on any atom is 0.228 e. The lowest BCUT2D eigenvalue weighted by Crippen LogP contribution is -2.30. The largest absolute Gasteiger partial charge is 0.373 e. The quantitative estimate of drug-likeness (QED) is 0.878. The molecular weight excluding hydrogens is 290 g/mol. The van der Waals surface area contributed by atoms with Crippen molar-refractivity contribution in [2.45, 2.75) is 38.8 Å². The summed E-state index contributed by atoms with van der Waals surface area (Å²) in [6, 6.07) is 4.73. The van der Waals surface area contributed by atoms with Crippen LogP contribution >= 0.6 is 0 Å². The molecule has 0 bridgehead atoms. The summed E-state index contributed by atoms with van der Waals surface area (Å²) in [7, 11) is 1.82. The number of hydrogen-bond acceptors (Lipinski definition) is 7. The lowest BCUT2D eigenvalue weighted by molar-refractivity contribution is 0.202. The maximum absolute atomic E-state index is 4.69. The van der Waals surface area contributed by atoms with Crippen LogP contribution < -0.4 is 10.6 Å². The Morgan fingerprint density at radius 1 is 1.22 bits per heavy atom. The van der Waals surface area contributed by atoms with E-state index in [-0.39, 0.29) is 0 Å². The Balaban J connectivity index is 1.79. The van der Waals surface area contributed by atoms with Gasteiger partial charge in [0.05, 0.1) is 11.7 Å². The minimum absolute atomic E-state index is 0.372. The van der Waals surface area contributed by atoms with Crippen LogP contribution in [0.15, 0.2) is 24.7 Å². The van der Waals surface area contributed by atoms with E-state index < -0.39 is 0 Å². The Kier molecular flexibility index (Phi) is 4.66. The molecule has 23 heavy (non-hydrogen) atoms. The molecule has 1 aliphatic rings. The van der Waals surface area contributed by atoms with E-state index in [2.05, 4.69) is 44.3 Å². The van der Waals surface area contributed by atoms with Crippen molar-refractivity contribution in [3.8, 4) is 0 Å². The van der Waals surface area contributed by atoms with Crippen molar-refractivity contribution in [1.82, 2.24) is 24.8 Å². The van der Waals surface area contributed by atoms with Gasteiger partial charge >= 0.3 is 0 Å². The lowest BCUT2D eigenvalue weighted by atomic mass is 10.1. The highest BCUT2D eigenvalue weighted by atomic mass is 15.2. The van der Waals surface area contributed by atoms with Gasteiger partial charge in [-0.25, -0.2) is 19.9 Å². The topological polar surface area (TPSA) is 78.9 Å². The SMILES string of the molecule is CNc1cc(Nc2nccc(C3CCCN3C(C)C)n2)ncn1. The lowest BCUT2D eigenvalue weighted by Gasteiger charge is -2.27. The Morgan fingerprint density at radius 2 is 2.04 bits per heavy atom. The zero-order valence-corrected chi connectivity index (χ0v) is 13.8. The average Bonchev–Trinajstić information content (AvgIpc) is 3.05. The van der Waals surface area contributed by atoms with E-state index in [9.17, 15) is 0 Å². The molecule has 0 aromatic carbocycles. The summed E-state index contributed by atoms with van der Waals surface area (Å²) < 4.78 is 0. The van der Waals surface area contributed by atoms with E-state index in [4.69, 9.17) is 4.98 Å². The average molecular weight is 313 g/mol. The third-order valence-corrected chi connectivity index (χ3v) is 4.14. The molecule has 1 unspecified atom stereocenters. The highest BCUT2D eigenvalue weighted by Crippen LogP contribution is 2.32. The van der Waals surface area contributed by atoms with Gasteiger partial charge < -0.3 is 10.6 Å². The van der Waals surface area contributed by atoms with Gasteiger partial charge in [0.2, 0.25) is 5.95 Å². The number of nitrogens with one attached hydrogen (secondary N) is 2. The van der Waals surface area contributed by atoms with Crippen LogP contribution in [0.5, 0.6) is 0 Å². The number of hydrogen-bond donors (Lipinski definition) is 2. The van der Waals surface area contributed by atoms with Gasteiger partial charge in [0, 0.05) is 25.4 Å². The van der Waals surface area contributed by atoms with Gasteiger partial charge in [-0.15, -0.1) is 0 Å². The summed E-state index contributed by atoms with van der Waals surface area (Å²) in [4.78, 5) is 19.8. The molecule has 0 amide bonds. The third kappa shape index (κ3) is 3.56. The Labute approximate surface area is 136 Å². The van der Waals surface area contributed by atoms with Crippen LogP contribution in [0.25, 0.3) is 0 Å². The molecule has 1 saturated heterocycles. The first-order valence-corrected chi connectivity index (χ1v) is 8.03. The summed E-state index contributed by atoms with van der Waals surface area (Å²) in [6.07, 6.45) is 5.68. The second-order valence-electron chi connectivity index (χ2n) is 5.96. The second kappa shape index (κ2) is 6.87. The molecule has 2 N–H and O–H groups in total. The molecule has 7 heteroatoms. The van der Waals surface area contributed by atoms with Crippen molar-refractivity contribution in [1.29, 1.82) is 0 Å². The van der Waals surface area contributed by atoms with E-state index in [0.717, 1.165) is 24.5 Å². The van der Waals surface area contributed by atoms with E-state index in [1.807, 2.05) is 25.4 Å². The molecule has 122 valence electrons. The fourth-order valence-corrected chi connectivity index (χ4v) is 3.02. The van der Waals surface area contributed by atoms with Crippen LogP contribution in [0.4, 0.5) is 17.6 Å². The van der Waals surface area contributed by atoms with Gasteiger partial charge in [0.15, 0.2) is 0 Å². The molecule has 1 atom stereocenters. The molecular formula is C16H23N7. The fourth-order valence-electron chi connectivity index (χ4n) is 3.02. The van der Waals surface area contributed by atoms with Crippen molar-refractivity contribution in [3.05, 3.63) is 30.4 Å². The van der Waals surface area contributed by atoms with Gasteiger partial charge in [-0.3, -0.25) is 4.90 Å². The molecule has 0 saturated carbocycles. The van der Waals surface area contributed by atoms with Crippen LogP contribution in [0.3, 0.4) is 0 Å². The molecule has 2 aromatic rings. The van der Waals surface area contributed by atoms with Crippen molar-refractivity contribution >= 4 is 17.6 Å². The first kappa shape index (κ1) is 15.6. The van der Waals surface area contributed by atoms with Crippen LogP contribution in [0.1, 0.15) is 38.4 Å². The van der Waals surface area contributed by atoms with Crippen molar-refractivity contribution in [3.63, 3.8) is 0 Å². The fraction of sp³-hybridized carbons (Fsp3) is 0.500. The molecule has 0 spiro atoms. The van der Waals surface area contributed by atoms with Gasteiger partial charge in [-0.2, -0.15) is 0 Å². The number of nitrogens with zero attached hydrogens (tertiary/aromatic N) is 5. The summed E-state index contributed by atoms with van der Waals surface area (Å²) in [5.74, 6) is 1.99. The van der Waals surface area contributed by atoms with Crippen molar-refractivity contribution in [2.75, 3.05) is 24.2 Å². The minimum Gasteiger partial charge on any atom is -0.373 e. The monoisotopic (exact) mass is 313 g/mol. The van der Waals surface area contributed by atoms with Crippen LogP contribution in [-0.4, -0.2) is 44.5 Å². The number of rotatable bonds is 5. The van der Waals surface area contributed by atoms with Gasteiger partial charge in [0.1, 0.15) is 18.0 Å². The number of anilines is 3. The highest BCUT2D eigenvalue weighted by Gasteiger charge is 2.29. The first-order chi connectivity index (χ1) is 11.2. The third-order valence-electron chi connectivity index (χ3n) is 4.14. The zero-order valence-electron chi connectivity index (χ0n) is 13.8. The summed E-state index contributed by atoms with van der Waals surface area (Å²) in [5.41, 5.74) is 1.07. The normalized spacial score (nSPS) is 18.3. The predicted octanol–water partition coefficient (Wildman–Crippen LogP) is 2.60. The zero-order chi connectivity index (χ0) is 16.2. The van der Waals surface area contributed by atoms with Crippen LogP contribution in [-0.2, 0) is 0 Å². The van der Waals surface area contributed by atoms with Crippen LogP contribution in [0.2, 0.25) is 0 Å². The first-order valence-electron chi connectivity index (χ1n) is 8.03. The van der Waals surface area contributed by atoms with Gasteiger partial charge in [0.25, 0.3) is 0 Å². The second-order valence-corrected chi connectivity index (χ2v) is 5.96. The predicted molar refractivity (Wildman–Crippen MR) is 90.7 cm³/mol. The molecule has 1 aliphatic heterocycles. The molecule has 0 aliphatic carbocycles. The van der Waals surface area contributed by atoms with Crippen molar-refractivity contribution in [2.24, 2.45) is 0 Å². The highest BCUT2D eigenvalue weighted by molar-refractivity contribution is 5.52. The van der Waals surface area contributed by atoms with Gasteiger partial charge in [-0.1, -0.05) is 0 Å². The molecule has 3 heterocycles.